The van der Waals surface area contributed by atoms with E-state index in [4.69, 9.17) is 11.6 Å². The van der Waals surface area contributed by atoms with Crippen LogP contribution in [0, 0.1) is 18.8 Å². The van der Waals surface area contributed by atoms with Crippen molar-refractivity contribution in [2.45, 2.75) is 13.3 Å². The zero-order valence-electron chi connectivity index (χ0n) is 9.13. The minimum absolute atomic E-state index is 0.581. The number of hydrogen-bond donors (Lipinski definition) is 0. The van der Waals surface area contributed by atoms with Crippen LogP contribution in [-0.4, -0.2) is 10.9 Å². The molecule has 0 aliphatic heterocycles. The molecule has 1 aromatic carbocycles. The van der Waals surface area contributed by atoms with E-state index in [1.54, 1.807) is 0 Å². The molecule has 0 unspecified atom stereocenters. The molecule has 2 aromatic rings. The third kappa shape index (κ3) is 2.18. The van der Waals surface area contributed by atoms with Crippen molar-refractivity contribution in [2.75, 3.05) is 5.88 Å². The maximum absolute atomic E-state index is 5.59. The largest absolute Gasteiger partial charge is 0.256 e. The first-order valence-electron chi connectivity index (χ1n) is 5.22. The van der Waals surface area contributed by atoms with Gasteiger partial charge in [0, 0.05) is 29.4 Å². The van der Waals surface area contributed by atoms with Gasteiger partial charge in [0.1, 0.15) is 0 Å². The van der Waals surface area contributed by atoms with E-state index < -0.39 is 0 Å². The summed E-state index contributed by atoms with van der Waals surface area (Å²) in [7, 11) is 0. The average molecular weight is 230 g/mol. The summed E-state index contributed by atoms with van der Waals surface area (Å²) < 4.78 is 0. The summed E-state index contributed by atoms with van der Waals surface area (Å²) >= 11 is 5.59. The second kappa shape index (κ2) is 5.01. The number of alkyl halides is 1. The number of hydrogen-bond acceptors (Lipinski definition) is 1. The number of rotatable bonds is 1. The molecule has 1 nitrogen and oxygen atoms in total. The van der Waals surface area contributed by atoms with E-state index in [-0.39, 0.29) is 0 Å². The van der Waals surface area contributed by atoms with Gasteiger partial charge in [-0.15, -0.1) is 11.6 Å². The molecule has 16 heavy (non-hydrogen) atoms. The summed E-state index contributed by atoms with van der Waals surface area (Å²) in [6.45, 7) is 2.06. The highest BCUT2D eigenvalue weighted by Gasteiger charge is 2.01. The van der Waals surface area contributed by atoms with Crippen molar-refractivity contribution in [3.63, 3.8) is 0 Å². The highest BCUT2D eigenvalue weighted by molar-refractivity contribution is 6.18. The Kier molecular flexibility index (Phi) is 3.44. The van der Waals surface area contributed by atoms with Crippen LogP contribution in [0.2, 0.25) is 0 Å². The van der Waals surface area contributed by atoms with E-state index in [0.29, 0.717) is 5.88 Å². The Morgan fingerprint density at radius 3 is 3.00 bits per heavy atom. The maximum Gasteiger partial charge on any atom is 0.0743 e. The fourth-order valence-corrected chi connectivity index (χ4v) is 1.73. The molecular formula is C14H12ClN. The van der Waals surface area contributed by atoms with Crippen LogP contribution in [0.25, 0.3) is 10.9 Å². The highest BCUT2D eigenvalue weighted by Crippen LogP contribution is 2.18. The van der Waals surface area contributed by atoms with E-state index >= 15 is 0 Å². The summed E-state index contributed by atoms with van der Waals surface area (Å²) in [4.78, 5) is 4.38. The van der Waals surface area contributed by atoms with Crippen molar-refractivity contribution < 1.29 is 0 Å². The molecule has 2 heteroatoms. The molecule has 0 N–H and O–H groups in total. The monoisotopic (exact) mass is 229 g/mol. The Hall–Kier alpha value is -1.52. The van der Waals surface area contributed by atoms with Gasteiger partial charge in [0.2, 0.25) is 0 Å². The summed E-state index contributed by atoms with van der Waals surface area (Å²) in [6.07, 6.45) is 2.53. The molecule has 0 saturated carbocycles. The van der Waals surface area contributed by atoms with Gasteiger partial charge in [-0.1, -0.05) is 24.0 Å². The van der Waals surface area contributed by atoms with E-state index in [0.717, 1.165) is 28.5 Å². The second-order valence-electron chi connectivity index (χ2n) is 3.55. The summed E-state index contributed by atoms with van der Waals surface area (Å²) in [5.41, 5.74) is 3.21. The smallest absolute Gasteiger partial charge is 0.0743 e. The van der Waals surface area contributed by atoms with Gasteiger partial charge in [-0.25, -0.2) is 0 Å². The Balaban J connectivity index is 2.49. The molecule has 0 fully saturated rings. The molecule has 0 aliphatic carbocycles. The van der Waals surface area contributed by atoms with Crippen LogP contribution in [0.1, 0.15) is 17.5 Å². The van der Waals surface area contributed by atoms with Crippen LogP contribution < -0.4 is 0 Å². The van der Waals surface area contributed by atoms with Gasteiger partial charge in [-0.3, -0.25) is 4.98 Å². The molecular weight excluding hydrogens is 218 g/mol. The van der Waals surface area contributed by atoms with Crippen molar-refractivity contribution in [1.82, 2.24) is 4.98 Å². The fourth-order valence-electron chi connectivity index (χ4n) is 1.63. The lowest BCUT2D eigenvalue weighted by Crippen LogP contribution is -1.87. The van der Waals surface area contributed by atoms with Crippen molar-refractivity contribution in [1.29, 1.82) is 0 Å². The summed E-state index contributed by atoms with van der Waals surface area (Å²) in [6, 6.07) is 8.10. The molecule has 0 bridgehead atoms. The topological polar surface area (TPSA) is 12.9 Å². The zero-order chi connectivity index (χ0) is 11.4. The Morgan fingerprint density at radius 2 is 2.19 bits per heavy atom. The molecule has 0 aliphatic rings. The van der Waals surface area contributed by atoms with Gasteiger partial charge in [0.05, 0.1) is 5.52 Å². The van der Waals surface area contributed by atoms with E-state index in [2.05, 4.69) is 35.9 Å². The van der Waals surface area contributed by atoms with Gasteiger partial charge < -0.3 is 0 Å². The fraction of sp³-hybridized carbons (Fsp3) is 0.214. The van der Waals surface area contributed by atoms with Crippen molar-refractivity contribution >= 4 is 22.5 Å². The van der Waals surface area contributed by atoms with Gasteiger partial charge in [-0.05, 0) is 24.6 Å². The van der Waals surface area contributed by atoms with E-state index in [1.165, 1.54) is 0 Å². The van der Waals surface area contributed by atoms with Crippen molar-refractivity contribution in [3.05, 3.63) is 41.6 Å². The Bertz CT molecular complexity index is 564. The first-order valence-corrected chi connectivity index (χ1v) is 5.75. The Morgan fingerprint density at radius 1 is 1.31 bits per heavy atom. The standard InChI is InChI=1S/C14H12ClN/c1-11-12(5-2-3-9-15)7-8-13-6-4-10-16-14(11)13/h4,6-8,10H,3,9H2,1H3. The van der Waals surface area contributed by atoms with Gasteiger partial charge in [-0.2, -0.15) is 0 Å². The molecule has 0 radical (unpaired) electrons. The molecule has 0 amide bonds. The molecule has 1 heterocycles. The summed E-state index contributed by atoms with van der Waals surface area (Å²) in [5, 5.41) is 1.16. The number of nitrogens with zero attached hydrogens (tertiary/aromatic N) is 1. The number of benzene rings is 1. The number of aryl methyl sites for hydroxylation is 1. The minimum Gasteiger partial charge on any atom is -0.256 e. The van der Waals surface area contributed by atoms with Crippen LogP contribution in [0.3, 0.4) is 0 Å². The lowest BCUT2D eigenvalue weighted by atomic mass is 10.0. The predicted octanol–water partition coefficient (Wildman–Crippen LogP) is 3.52. The van der Waals surface area contributed by atoms with Gasteiger partial charge in [0.25, 0.3) is 0 Å². The van der Waals surface area contributed by atoms with Crippen LogP contribution in [-0.2, 0) is 0 Å². The first kappa shape index (κ1) is 11.0. The predicted molar refractivity (Wildman–Crippen MR) is 68.7 cm³/mol. The van der Waals surface area contributed by atoms with Crippen LogP contribution in [0.4, 0.5) is 0 Å². The van der Waals surface area contributed by atoms with Crippen molar-refractivity contribution in [3.8, 4) is 11.8 Å². The molecule has 80 valence electrons. The number of halogens is 1. The zero-order valence-corrected chi connectivity index (χ0v) is 9.88. The lowest BCUT2D eigenvalue weighted by molar-refractivity contribution is 1.29. The molecule has 2 rings (SSSR count). The van der Waals surface area contributed by atoms with Gasteiger partial charge >= 0.3 is 0 Å². The highest BCUT2D eigenvalue weighted by atomic mass is 35.5. The number of fused-ring (bicyclic) bond motifs is 1. The maximum atomic E-state index is 5.59. The van der Waals surface area contributed by atoms with Gasteiger partial charge in [0.15, 0.2) is 0 Å². The normalized spacial score (nSPS) is 9.88. The van der Waals surface area contributed by atoms with Crippen LogP contribution in [0.15, 0.2) is 30.5 Å². The van der Waals surface area contributed by atoms with E-state index in [1.807, 2.05) is 18.3 Å². The summed E-state index contributed by atoms with van der Waals surface area (Å²) in [5.74, 6) is 6.76. The number of pyridine rings is 1. The third-order valence-corrected chi connectivity index (χ3v) is 2.66. The van der Waals surface area contributed by atoms with Crippen LogP contribution >= 0.6 is 11.6 Å². The van der Waals surface area contributed by atoms with Crippen LogP contribution in [0.5, 0.6) is 0 Å². The molecule has 0 saturated heterocycles. The second-order valence-corrected chi connectivity index (χ2v) is 3.93. The lowest BCUT2D eigenvalue weighted by Gasteiger charge is -2.02. The first-order chi connectivity index (χ1) is 7.83. The Labute approximate surface area is 100 Å². The minimum atomic E-state index is 0.581. The molecule has 1 aromatic heterocycles. The average Bonchev–Trinajstić information content (AvgIpc) is 2.33. The number of aromatic nitrogens is 1. The third-order valence-electron chi connectivity index (χ3n) is 2.47. The molecule has 0 atom stereocenters. The molecule has 0 spiro atoms. The SMILES string of the molecule is Cc1c(C#CCCCl)ccc2cccnc12. The van der Waals surface area contributed by atoms with Crippen molar-refractivity contribution in [2.24, 2.45) is 0 Å². The quantitative estimate of drug-likeness (QED) is 0.539. The van der Waals surface area contributed by atoms with E-state index in [9.17, 15) is 0 Å².